The fourth-order valence-corrected chi connectivity index (χ4v) is 3.07. The molecule has 120 valence electrons. The van der Waals surface area contributed by atoms with E-state index in [1.165, 1.54) is 25.3 Å². The van der Waals surface area contributed by atoms with Gasteiger partial charge in [0.2, 0.25) is 0 Å². The van der Waals surface area contributed by atoms with Gasteiger partial charge >= 0.3 is 0 Å². The van der Waals surface area contributed by atoms with E-state index < -0.39 is 10.1 Å². The van der Waals surface area contributed by atoms with Gasteiger partial charge in [-0.3, -0.25) is 4.18 Å². The monoisotopic (exact) mass is 347 g/mol. The highest BCUT2D eigenvalue weighted by Crippen LogP contribution is 2.37. The lowest BCUT2D eigenvalue weighted by molar-refractivity contribution is -0.447. The van der Waals surface area contributed by atoms with Crippen molar-refractivity contribution in [1.29, 1.82) is 0 Å². The molecule has 0 aliphatic heterocycles. The van der Waals surface area contributed by atoms with Crippen LogP contribution in [0.3, 0.4) is 0 Å². The molecule has 0 atom stereocenters. The second kappa shape index (κ2) is 6.69. The third-order valence-corrected chi connectivity index (χ3v) is 4.54. The molecule has 0 unspecified atom stereocenters. The highest BCUT2D eigenvalue weighted by atomic mass is 32.2. The molecule has 2 rings (SSSR count). The number of nitrogen functional groups attached to an aromatic ring is 1. The topological polar surface area (TPSA) is 117 Å². The van der Waals surface area contributed by atoms with E-state index in [0.717, 1.165) is 19.2 Å². The molecule has 0 saturated carbocycles. The molecule has 10 heteroatoms. The van der Waals surface area contributed by atoms with Gasteiger partial charge in [-0.25, -0.2) is 4.89 Å². The second-order valence-electron chi connectivity index (χ2n) is 4.06. The Hall–Kier alpha value is -1.56. The Labute approximate surface area is 130 Å². The summed E-state index contributed by atoms with van der Waals surface area (Å²) in [5.41, 5.74) is 5.93. The van der Waals surface area contributed by atoms with Gasteiger partial charge in [0.15, 0.2) is 0 Å². The second-order valence-corrected chi connectivity index (χ2v) is 6.55. The Morgan fingerprint density at radius 2 is 1.91 bits per heavy atom. The first-order valence-electron chi connectivity index (χ1n) is 5.80. The standard InChI is InChI=1S/C12H13NO7S2/c1-17-19-20-21-8-3-7-4-9(22(15,16)18-2)6-10(13)12(7)11(14)5-8/h3-6,14H,13H2,1-2H3. The SMILES string of the molecule is COOOSc1cc(O)c2c(N)cc(S(=O)(=O)OC)cc2c1. The van der Waals surface area contributed by atoms with E-state index in [1.54, 1.807) is 6.07 Å². The predicted molar refractivity (Wildman–Crippen MR) is 79.3 cm³/mol. The van der Waals surface area contributed by atoms with Crippen LogP contribution in [0.4, 0.5) is 5.69 Å². The molecule has 3 N–H and O–H groups in total. The van der Waals surface area contributed by atoms with Crippen LogP contribution in [0.2, 0.25) is 0 Å². The van der Waals surface area contributed by atoms with Crippen LogP contribution < -0.4 is 5.73 Å². The van der Waals surface area contributed by atoms with Crippen molar-refractivity contribution in [2.45, 2.75) is 9.79 Å². The summed E-state index contributed by atoms with van der Waals surface area (Å²) in [6.45, 7) is 0. The van der Waals surface area contributed by atoms with E-state index in [-0.39, 0.29) is 16.3 Å². The maximum Gasteiger partial charge on any atom is 0.296 e. The van der Waals surface area contributed by atoms with Crippen LogP contribution in [0.15, 0.2) is 34.1 Å². The van der Waals surface area contributed by atoms with Gasteiger partial charge in [-0.05, 0) is 29.7 Å². The minimum Gasteiger partial charge on any atom is -0.507 e. The number of aromatic hydroxyl groups is 1. The van der Waals surface area contributed by atoms with Crippen molar-refractivity contribution in [2.75, 3.05) is 20.0 Å². The van der Waals surface area contributed by atoms with Crippen molar-refractivity contribution in [2.24, 2.45) is 0 Å². The molecule has 0 spiro atoms. The summed E-state index contributed by atoms with van der Waals surface area (Å²) in [6, 6.07) is 5.53. The smallest absolute Gasteiger partial charge is 0.296 e. The molecule has 2 aromatic rings. The summed E-state index contributed by atoms with van der Waals surface area (Å²) in [6.07, 6.45) is 0. The molecule has 0 aromatic heterocycles. The predicted octanol–water partition coefficient (Wildman–Crippen LogP) is 1.98. The molecule has 0 aliphatic carbocycles. The average Bonchev–Trinajstić information content (AvgIpc) is 2.46. The van der Waals surface area contributed by atoms with Crippen LogP contribution in [0, 0.1) is 0 Å². The summed E-state index contributed by atoms with van der Waals surface area (Å²) in [7, 11) is -1.59. The number of phenolic OH excluding ortho intramolecular Hbond substituents is 1. The van der Waals surface area contributed by atoms with Crippen molar-refractivity contribution < 1.29 is 32.0 Å². The Bertz CT molecular complexity index is 792. The van der Waals surface area contributed by atoms with Crippen LogP contribution in [-0.4, -0.2) is 27.7 Å². The summed E-state index contributed by atoms with van der Waals surface area (Å²) >= 11 is 0.770. The van der Waals surface area contributed by atoms with Crippen molar-refractivity contribution >= 4 is 38.6 Å². The largest absolute Gasteiger partial charge is 0.507 e. The summed E-state index contributed by atoms with van der Waals surface area (Å²) in [5.74, 6) is -0.125. The van der Waals surface area contributed by atoms with Crippen molar-refractivity contribution in [3.05, 3.63) is 24.3 Å². The molecule has 0 aliphatic rings. The van der Waals surface area contributed by atoms with Crippen LogP contribution in [-0.2, 0) is 28.6 Å². The van der Waals surface area contributed by atoms with Crippen LogP contribution in [0.25, 0.3) is 10.8 Å². The Morgan fingerprint density at radius 1 is 1.18 bits per heavy atom. The number of nitrogens with two attached hydrogens (primary N) is 1. The fraction of sp³-hybridized carbons (Fsp3) is 0.167. The first-order valence-corrected chi connectivity index (χ1v) is 7.95. The number of hydrogen-bond acceptors (Lipinski definition) is 9. The number of fused-ring (bicyclic) bond motifs is 1. The third kappa shape index (κ3) is 3.43. The van der Waals surface area contributed by atoms with Crippen molar-refractivity contribution in [3.8, 4) is 5.75 Å². The molecule has 2 aromatic carbocycles. The zero-order valence-corrected chi connectivity index (χ0v) is 13.2. The maximum absolute atomic E-state index is 11.8. The number of rotatable bonds is 6. The van der Waals surface area contributed by atoms with Crippen molar-refractivity contribution in [1.82, 2.24) is 0 Å². The number of hydrogen-bond donors (Lipinski definition) is 2. The zero-order valence-electron chi connectivity index (χ0n) is 11.6. The first-order chi connectivity index (χ1) is 10.4. The molecule has 0 fully saturated rings. The summed E-state index contributed by atoms with van der Waals surface area (Å²) in [4.78, 5) is 4.59. The van der Waals surface area contributed by atoms with Gasteiger partial charge in [-0.2, -0.15) is 8.42 Å². The number of phenols is 1. The molecule has 0 amide bonds. The normalized spacial score (nSPS) is 11.9. The van der Waals surface area contributed by atoms with Gasteiger partial charge in [-0.1, -0.05) is 5.04 Å². The maximum atomic E-state index is 11.8. The molecule has 0 radical (unpaired) electrons. The highest BCUT2D eigenvalue weighted by Gasteiger charge is 2.17. The molecule has 22 heavy (non-hydrogen) atoms. The van der Waals surface area contributed by atoms with Gasteiger partial charge in [0.25, 0.3) is 10.1 Å². The summed E-state index contributed by atoms with van der Waals surface area (Å²) in [5, 5.41) is 15.0. The van der Waals surface area contributed by atoms with Crippen LogP contribution in [0.1, 0.15) is 0 Å². The fourth-order valence-electron chi connectivity index (χ4n) is 1.84. The quantitative estimate of drug-likeness (QED) is 0.202. The van der Waals surface area contributed by atoms with E-state index in [9.17, 15) is 13.5 Å². The highest BCUT2D eigenvalue weighted by molar-refractivity contribution is 7.94. The van der Waals surface area contributed by atoms with E-state index in [2.05, 4.69) is 18.4 Å². The molecular formula is C12H13NO7S2. The Balaban J connectivity index is 2.55. The number of benzene rings is 2. The lowest BCUT2D eigenvalue weighted by atomic mass is 10.1. The first kappa shape index (κ1) is 16.8. The molecule has 0 heterocycles. The average molecular weight is 347 g/mol. The van der Waals surface area contributed by atoms with Crippen molar-refractivity contribution in [3.63, 3.8) is 0 Å². The number of anilines is 1. The van der Waals surface area contributed by atoms with Gasteiger partial charge in [0.1, 0.15) is 5.75 Å². The van der Waals surface area contributed by atoms with E-state index in [0.29, 0.717) is 15.7 Å². The minimum atomic E-state index is -3.90. The van der Waals surface area contributed by atoms with E-state index >= 15 is 0 Å². The lowest BCUT2D eigenvalue weighted by Crippen LogP contribution is -2.04. The van der Waals surface area contributed by atoms with Gasteiger partial charge in [0, 0.05) is 16.0 Å². The van der Waals surface area contributed by atoms with E-state index in [1.807, 2.05) is 0 Å². The van der Waals surface area contributed by atoms with Crippen LogP contribution >= 0.6 is 12.0 Å². The Morgan fingerprint density at radius 3 is 2.55 bits per heavy atom. The Kier molecular flexibility index (Phi) is 5.11. The van der Waals surface area contributed by atoms with Gasteiger partial charge in [-0.15, -0.1) is 4.33 Å². The van der Waals surface area contributed by atoms with E-state index in [4.69, 9.17) is 5.73 Å². The third-order valence-electron chi connectivity index (χ3n) is 2.74. The molecular weight excluding hydrogens is 334 g/mol. The summed E-state index contributed by atoms with van der Waals surface area (Å²) < 4.78 is 32.6. The molecule has 0 bridgehead atoms. The molecule has 8 nitrogen and oxygen atoms in total. The lowest BCUT2D eigenvalue weighted by Gasteiger charge is -2.10. The zero-order chi connectivity index (χ0) is 16.3. The minimum absolute atomic E-state index is 0.108. The van der Waals surface area contributed by atoms with Crippen LogP contribution in [0.5, 0.6) is 5.75 Å². The van der Waals surface area contributed by atoms with Gasteiger partial charge < -0.3 is 10.8 Å². The van der Waals surface area contributed by atoms with Gasteiger partial charge in [0.05, 0.1) is 31.2 Å². The molecule has 0 saturated heterocycles.